The van der Waals surface area contributed by atoms with Crippen molar-refractivity contribution < 1.29 is 9.90 Å². The number of para-hydroxylation sites is 1. The van der Waals surface area contributed by atoms with Crippen LogP contribution in [0.5, 0.6) is 0 Å². The number of aliphatic hydroxyl groups excluding tert-OH is 1. The molecule has 0 bridgehead atoms. The molecule has 1 aliphatic rings. The van der Waals surface area contributed by atoms with Gasteiger partial charge in [-0.1, -0.05) is 25.1 Å². The number of carbonyl (C=O) groups excluding carboxylic acids is 1. The van der Waals surface area contributed by atoms with E-state index in [-0.39, 0.29) is 11.9 Å². The first kappa shape index (κ1) is 13.9. The maximum absolute atomic E-state index is 11.9. The number of likely N-dealkylation sites (N-methyl/N-ethyl adjacent to an activating group) is 1. The van der Waals surface area contributed by atoms with Crippen molar-refractivity contribution >= 4 is 11.6 Å². The van der Waals surface area contributed by atoms with E-state index in [0.29, 0.717) is 6.42 Å². The van der Waals surface area contributed by atoms with Gasteiger partial charge in [-0.2, -0.15) is 0 Å². The summed E-state index contributed by atoms with van der Waals surface area (Å²) in [5.41, 5.74) is 1.91. The minimum absolute atomic E-state index is 0.0540. The number of hydrogen-bond acceptors (Lipinski definition) is 3. The molecule has 2 rings (SSSR count). The van der Waals surface area contributed by atoms with Crippen LogP contribution in [0.2, 0.25) is 0 Å². The van der Waals surface area contributed by atoms with Crippen molar-refractivity contribution in [1.82, 2.24) is 5.32 Å². The summed E-state index contributed by atoms with van der Waals surface area (Å²) in [6.07, 6.45) is 2.09. The van der Waals surface area contributed by atoms with Gasteiger partial charge in [0.05, 0.1) is 6.10 Å². The lowest BCUT2D eigenvalue weighted by molar-refractivity contribution is -0.121. The summed E-state index contributed by atoms with van der Waals surface area (Å²) >= 11 is 0. The van der Waals surface area contributed by atoms with Gasteiger partial charge in [0.15, 0.2) is 0 Å². The smallest absolute Gasteiger partial charge is 0.242 e. The Balaban J connectivity index is 2.33. The van der Waals surface area contributed by atoms with Crippen molar-refractivity contribution in [2.75, 3.05) is 18.5 Å². The number of anilines is 1. The van der Waals surface area contributed by atoms with E-state index in [9.17, 15) is 9.90 Å². The largest absolute Gasteiger partial charge is 0.388 e. The van der Waals surface area contributed by atoms with Gasteiger partial charge in [-0.15, -0.1) is 0 Å². The van der Waals surface area contributed by atoms with Gasteiger partial charge in [0.1, 0.15) is 6.04 Å². The molecule has 4 heteroatoms. The second-order valence-corrected chi connectivity index (χ2v) is 4.95. The van der Waals surface area contributed by atoms with Gasteiger partial charge >= 0.3 is 0 Å². The molecule has 1 amide bonds. The average molecular weight is 262 g/mol. The first-order valence-electron chi connectivity index (χ1n) is 6.94. The standard InChI is InChI=1S/C15H22N2O2/c1-3-14(18)11-7-4-5-8-12(11)17-10-6-9-13(17)15(19)16-2/h4-5,7-8,13-14,18H,3,6,9-10H2,1-2H3,(H,16,19)/t13?,14-/m1/s1. The summed E-state index contributed by atoms with van der Waals surface area (Å²) in [5, 5.41) is 12.9. The maximum atomic E-state index is 11.9. The van der Waals surface area contributed by atoms with Crippen LogP contribution in [0.25, 0.3) is 0 Å². The molecule has 1 heterocycles. The lowest BCUT2D eigenvalue weighted by atomic mass is 10.0. The molecule has 1 aromatic carbocycles. The highest BCUT2D eigenvalue weighted by atomic mass is 16.3. The molecule has 1 fully saturated rings. The fourth-order valence-corrected chi connectivity index (χ4v) is 2.75. The molecule has 1 aromatic rings. The first-order valence-corrected chi connectivity index (χ1v) is 6.94. The summed E-state index contributed by atoms with van der Waals surface area (Å²) in [5.74, 6) is 0.0540. The molecular formula is C15H22N2O2. The van der Waals surface area contributed by atoms with E-state index in [1.165, 1.54) is 0 Å². The Bertz CT molecular complexity index is 448. The van der Waals surface area contributed by atoms with Crippen LogP contribution < -0.4 is 10.2 Å². The molecule has 1 unspecified atom stereocenters. The number of rotatable bonds is 4. The second kappa shape index (κ2) is 6.06. The molecule has 0 spiro atoms. The molecule has 2 N–H and O–H groups in total. The van der Waals surface area contributed by atoms with E-state index in [4.69, 9.17) is 0 Å². The summed E-state index contributed by atoms with van der Waals surface area (Å²) in [7, 11) is 1.67. The third kappa shape index (κ3) is 2.73. The number of hydrogen-bond donors (Lipinski definition) is 2. The topological polar surface area (TPSA) is 52.6 Å². The van der Waals surface area contributed by atoms with E-state index < -0.39 is 6.10 Å². The molecule has 104 valence electrons. The number of benzene rings is 1. The Morgan fingerprint density at radius 1 is 1.53 bits per heavy atom. The number of carbonyl (C=O) groups is 1. The van der Waals surface area contributed by atoms with Crippen molar-refractivity contribution in [2.24, 2.45) is 0 Å². The summed E-state index contributed by atoms with van der Waals surface area (Å²) in [6, 6.07) is 7.72. The Morgan fingerprint density at radius 3 is 2.95 bits per heavy atom. The molecule has 0 saturated carbocycles. The monoisotopic (exact) mass is 262 g/mol. The van der Waals surface area contributed by atoms with Crippen molar-refractivity contribution in [2.45, 2.75) is 38.3 Å². The number of nitrogens with zero attached hydrogens (tertiary/aromatic N) is 1. The van der Waals surface area contributed by atoms with Gasteiger partial charge < -0.3 is 15.3 Å². The Hall–Kier alpha value is -1.55. The Kier molecular flexibility index (Phi) is 4.43. The maximum Gasteiger partial charge on any atom is 0.242 e. The number of aliphatic hydroxyl groups is 1. The molecule has 1 aliphatic heterocycles. The van der Waals surface area contributed by atoms with Crippen LogP contribution in [0.3, 0.4) is 0 Å². The number of nitrogens with one attached hydrogen (secondary N) is 1. The fourth-order valence-electron chi connectivity index (χ4n) is 2.75. The van der Waals surface area contributed by atoms with Crippen LogP contribution in [0.4, 0.5) is 5.69 Å². The third-order valence-electron chi connectivity index (χ3n) is 3.79. The SMILES string of the molecule is CC[C@@H](O)c1ccccc1N1CCCC1C(=O)NC. The van der Waals surface area contributed by atoms with Crippen molar-refractivity contribution in [3.63, 3.8) is 0 Å². The zero-order chi connectivity index (χ0) is 13.8. The van der Waals surface area contributed by atoms with Crippen molar-refractivity contribution in [1.29, 1.82) is 0 Å². The number of amides is 1. The molecule has 0 aromatic heterocycles. The zero-order valence-electron chi connectivity index (χ0n) is 11.6. The van der Waals surface area contributed by atoms with E-state index in [2.05, 4.69) is 10.2 Å². The highest BCUT2D eigenvalue weighted by molar-refractivity contribution is 5.86. The molecule has 4 nitrogen and oxygen atoms in total. The van der Waals surface area contributed by atoms with Gasteiger partial charge in [-0.3, -0.25) is 4.79 Å². The van der Waals surface area contributed by atoms with Crippen LogP contribution in [-0.2, 0) is 4.79 Å². The summed E-state index contributed by atoms with van der Waals surface area (Å²) < 4.78 is 0. The van der Waals surface area contributed by atoms with Crippen LogP contribution in [0, 0.1) is 0 Å². The quantitative estimate of drug-likeness (QED) is 0.870. The molecule has 19 heavy (non-hydrogen) atoms. The second-order valence-electron chi connectivity index (χ2n) is 4.95. The van der Waals surface area contributed by atoms with Crippen LogP contribution in [0.15, 0.2) is 24.3 Å². The fraction of sp³-hybridized carbons (Fsp3) is 0.533. The van der Waals surface area contributed by atoms with E-state index in [1.54, 1.807) is 7.05 Å². The van der Waals surface area contributed by atoms with Crippen molar-refractivity contribution in [3.05, 3.63) is 29.8 Å². The van der Waals surface area contributed by atoms with E-state index >= 15 is 0 Å². The third-order valence-corrected chi connectivity index (χ3v) is 3.79. The average Bonchev–Trinajstić information content (AvgIpc) is 2.94. The molecule has 1 saturated heterocycles. The van der Waals surface area contributed by atoms with Crippen LogP contribution in [-0.4, -0.2) is 30.6 Å². The van der Waals surface area contributed by atoms with Gasteiger partial charge in [0.2, 0.25) is 5.91 Å². The van der Waals surface area contributed by atoms with Crippen molar-refractivity contribution in [3.8, 4) is 0 Å². The lowest BCUT2D eigenvalue weighted by Gasteiger charge is -2.28. The van der Waals surface area contributed by atoms with Crippen LogP contribution in [0.1, 0.15) is 37.9 Å². The highest BCUT2D eigenvalue weighted by Gasteiger charge is 2.31. The van der Waals surface area contributed by atoms with E-state index in [1.807, 2.05) is 31.2 Å². The van der Waals surface area contributed by atoms with Gasteiger partial charge in [-0.25, -0.2) is 0 Å². The predicted octanol–water partition coefficient (Wildman–Crippen LogP) is 1.84. The predicted molar refractivity (Wildman–Crippen MR) is 76.1 cm³/mol. The molecule has 0 aliphatic carbocycles. The summed E-state index contributed by atoms with van der Waals surface area (Å²) in [4.78, 5) is 14.1. The van der Waals surface area contributed by atoms with Gasteiger partial charge in [-0.05, 0) is 25.3 Å². The molecular weight excluding hydrogens is 240 g/mol. The Morgan fingerprint density at radius 2 is 2.26 bits per heavy atom. The zero-order valence-corrected chi connectivity index (χ0v) is 11.6. The van der Waals surface area contributed by atoms with Gasteiger partial charge in [0.25, 0.3) is 0 Å². The van der Waals surface area contributed by atoms with E-state index in [0.717, 1.165) is 30.6 Å². The van der Waals surface area contributed by atoms with Gasteiger partial charge in [0, 0.05) is 24.8 Å². The molecule has 0 radical (unpaired) electrons. The lowest BCUT2D eigenvalue weighted by Crippen LogP contribution is -2.42. The minimum atomic E-state index is -0.470. The first-order chi connectivity index (χ1) is 9.19. The van der Waals surface area contributed by atoms with Crippen LogP contribution >= 0.6 is 0 Å². The highest BCUT2D eigenvalue weighted by Crippen LogP contribution is 2.33. The summed E-state index contributed by atoms with van der Waals surface area (Å²) in [6.45, 7) is 2.83. The minimum Gasteiger partial charge on any atom is -0.388 e. The Labute approximate surface area is 114 Å². The normalized spacial score (nSPS) is 20.4. The molecule has 2 atom stereocenters.